The van der Waals surface area contributed by atoms with Crippen LogP contribution in [0.2, 0.25) is 0 Å². The summed E-state index contributed by atoms with van der Waals surface area (Å²) < 4.78 is 7.56. The summed E-state index contributed by atoms with van der Waals surface area (Å²) in [6.07, 6.45) is 3.64. The second kappa shape index (κ2) is 4.61. The topological polar surface area (TPSA) is 69.1 Å². The molecule has 4 aromatic heterocycles. The molecule has 0 bridgehead atoms. The molecule has 0 aliphatic heterocycles. The molecule has 98 valence electrons. The minimum atomic E-state index is 0.589. The molecule has 0 amide bonds. The second-order valence-electron chi connectivity index (χ2n) is 4.13. The summed E-state index contributed by atoms with van der Waals surface area (Å²) in [6, 6.07) is 9.49. The smallest absolute Gasteiger partial charge is 0.207 e. The van der Waals surface area contributed by atoms with Crippen LogP contribution in [-0.2, 0) is 5.75 Å². The van der Waals surface area contributed by atoms with Gasteiger partial charge in [-0.3, -0.25) is 4.40 Å². The summed E-state index contributed by atoms with van der Waals surface area (Å²) in [4.78, 5) is 8.49. The van der Waals surface area contributed by atoms with Gasteiger partial charge in [0, 0.05) is 12.4 Å². The summed E-state index contributed by atoms with van der Waals surface area (Å²) in [5.41, 5.74) is 2.16. The monoisotopic (exact) mass is 283 g/mol. The van der Waals surface area contributed by atoms with Crippen molar-refractivity contribution in [3.8, 4) is 0 Å². The SMILES string of the molecule is c1cnc2nc(CSc3nnc4ccccn34)oc2c1. The molecule has 7 heteroatoms. The van der Waals surface area contributed by atoms with E-state index in [1.165, 1.54) is 11.8 Å². The third kappa shape index (κ3) is 1.92. The summed E-state index contributed by atoms with van der Waals surface area (Å²) in [7, 11) is 0. The van der Waals surface area contributed by atoms with Crippen molar-refractivity contribution in [2.45, 2.75) is 10.9 Å². The first kappa shape index (κ1) is 11.4. The highest BCUT2D eigenvalue weighted by Gasteiger charge is 2.10. The number of fused-ring (bicyclic) bond motifs is 2. The van der Waals surface area contributed by atoms with Gasteiger partial charge in [-0.1, -0.05) is 17.8 Å². The van der Waals surface area contributed by atoms with E-state index in [4.69, 9.17) is 4.42 Å². The molecule has 4 heterocycles. The zero-order valence-corrected chi connectivity index (χ0v) is 11.1. The van der Waals surface area contributed by atoms with Gasteiger partial charge in [-0.15, -0.1) is 10.2 Å². The lowest BCUT2D eigenvalue weighted by Crippen LogP contribution is -1.87. The van der Waals surface area contributed by atoms with Gasteiger partial charge in [0.25, 0.3) is 0 Å². The van der Waals surface area contributed by atoms with E-state index in [0.29, 0.717) is 22.9 Å². The molecule has 0 fully saturated rings. The minimum absolute atomic E-state index is 0.589. The quantitative estimate of drug-likeness (QED) is 0.538. The normalized spacial score (nSPS) is 11.4. The number of oxazole rings is 1. The van der Waals surface area contributed by atoms with Crippen LogP contribution in [0.3, 0.4) is 0 Å². The average Bonchev–Trinajstić information content (AvgIpc) is 3.08. The lowest BCUT2D eigenvalue weighted by atomic mass is 10.5. The third-order valence-electron chi connectivity index (χ3n) is 2.82. The minimum Gasteiger partial charge on any atom is -0.438 e. The maximum atomic E-state index is 5.63. The number of pyridine rings is 2. The Morgan fingerprint density at radius 3 is 3.10 bits per heavy atom. The number of aromatic nitrogens is 5. The molecule has 0 aliphatic carbocycles. The fourth-order valence-corrected chi connectivity index (χ4v) is 2.69. The zero-order chi connectivity index (χ0) is 13.4. The van der Waals surface area contributed by atoms with Gasteiger partial charge in [-0.05, 0) is 24.3 Å². The standard InChI is InChI=1S/C13H9N5OS/c1-2-7-18-10(5-1)16-17-13(18)20-8-11-15-12-9(19-11)4-3-6-14-12/h1-7H,8H2. The lowest BCUT2D eigenvalue weighted by molar-refractivity contribution is 0.556. The van der Waals surface area contributed by atoms with Crippen LogP contribution in [-0.4, -0.2) is 24.6 Å². The maximum Gasteiger partial charge on any atom is 0.207 e. The maximum absolute atomic E-state index is 5.63. The highest BCUT2D eigenvalue weighted by Crippen LogP contribution is 2.23. The second-order valence-corrected chi connectivity index (χ2v) is 5.08. The van der Waals surface area contributed by atoms with Crippen molar-refractivity contribution in [2.75, 3.05) is 0 Å². The van der Waals surface area contributed by atoms with Crippen LogP contribution >= 0.6 is 11.8 Å². The van der Waals surface area contributed by atoms with Crippen molar-refractivity contribution in [2.24, 2.45) is 0 Å². The van der Waals surface area contributed by atoms with Crippen molar-refractivity contribution in [1.29, 1.82) is 0 Å². The Morgan fingerprint density at radius 2 is 2.15 bits per heavy atom. The zero-order valence-electron chi connectivity index (χ0n) is 10.3. The fourth-order valence-electron chi connectivity index (χ4n) is 1.92. The molecular formula is C13H9N5OS. The largest absolute Gasteiger partial charge is 0.438 e. The van der Waals surface area contributed by atoms with Crippen LogP contribution in [0.4, 0.5) is 0 Å². The van der Waals surface area contributed by atoms with Crippen LogP contribution in [0, 0.1) is 0 Å². The van der Waals surface area contributed by atoms with E-state index >= 15 is 0 Å². The predicted molar refractivity (Wildman–Crippen MR) is 74.4 cm³/mol. The first-order chi connectivity index (χ1) is 9.90. The molecule has 20 heavy (non-hydrogen) atoms. The molecule has 0 atom stereocenters. The van der Waals surface area contributed by atoms with Crippen molar-refractivity contribution in [3.05, 3.63) is 48.6 Å². The Morgan fingerprint density at radius 1 is 1.15 bits per heavy atom. The van der Waals surface area contributed by atoms with E-state index in [-0.39, 0.29) is 0 Å². The van der Waals surface area contributed by atoms with Crippen molar-refractivity contribution >= 4 is 28.6 Å². The first-order valence-corrected chi connectivity index (χ1v) is 7.02. The molecule has 0 aliphatic rings. The van der Waals surface area contributed by atoms with Crippen LogP contribution in [0.1, 0.15) is 5.89 Å². The molecule has 0 spiro atoms. The Labute approximate surface area is 117 Å². The predicted octanol–water partition coefficient (Wildman–Crippen LogP) is 2.56. The number of nitrogens with zero attached hydrogens (tertiary/aromatic N) is 5. The van der Waals surface area contributed by atoms with Crippen LogP contribution in [0.5, 0.6) is 0 Å². The highest BCUT2D eigenvalue weighted by atomic mass is 32.2. The van der Waals surface area contributed by atoms with E-state index in [0.717, 1.165) is 10.8 Å². The van der Waals surface area contributed by atoms with Crippen LogP contribution in [0.15, 0.2) is 52.3 Å². The molecule has 0 unspecified atom stereocenters. The van der Waals surface area contributed by atoms with Crippen molar-refractivity contribution in [3.63, 3.8) is 0 Å². The highest BCUT2D eigenvalue weighted by molar-refractivity contribution is 7.98. The number of thioether (sulfide) groups is 1. The molecular weight excluding hydrogens is 274 g/mol. The average molecular weight is 283 g/mol. The van der Waals surface area contributed by atoms with Gasteiger partial charge in [0.15, 0.2) is 22.0 Å². The molecule has 6 nitrogen and oxygen atoms in total. The van der Waals surface area contributed by atoms with E-state index < -0.39 is 0 Å². The van der Waals surface area contributed by atoms with Gasteiger partial charge in [-0.25, -0.2) is 4.98 Å². The van der Waals surface area contributed by atoms with Gasteiger partial charge in [-0.2, -0.15) is 4.98 Å². The van der Waals surface area contributed by atoms with Gasteiger partial charge < -0.3 is 4.42 Å². The van der Waals surface area contributed by atoms with Crippen LogP contribution in [0.25, 0.3) is 16.9 Å². The number of hydrogen-bond acceptors (Lipinski definition) is 6. The van der Waals surface area contributed by atoms with E-state index in [9.17, 15) is 0 Å². The van der Waals surface area contributed by atoms with Gasteiger partial charge in [0.1, 0.15) is 0 Å². The van der Waals surface area contributed by atoms with Gasteiger partial charge in [0.2, 0.25) is 5.89 Å². The molecule has 4 aromatic rings. The Bertz CT molecular complexity index is 851. The molecule has 0 saturated carbocycles. The molecule has 0 saturated heterocycles. The van der Waals surface area contributed by atoms with E-state index in [1.807, 2.05) is 40.9 Å². The van der Waals surface area contributed by atoms with Gasteiger partial charge >= 0.3 is 0 Å². The van der Waals surface area contributed by atoms with Crippen molar-refractivity contribution < 1.29 is 4.42 Å². The van der Waals surface area contributed by atoms with E-state index in [1.54, 1.807) is 6.20 Å². The summed E-state index contributed by atoms with van der Waals surface area (Å²) in [6.45, 7) is 0. The summed E-state index contributed by atoms with van der Waals surface area (Å²) in [5.74, 6) is 1.22. The molecule has 0 aromatic carbocycles. The van der Waals surface area contributed by atoms with Gasteiger partial charge in [0.05, 0.1) is 5.75 Å². The third-order valence-corrected chi connectivity index (χ3v) is 3.74. The Hall–Kier alpha value is -2.41. The number of hydrogen-bond donors (Lipinski definition) is 0. The lowest BCUT2D eigenvalue weighted by Gasteiger charge is -1.96. The number of rotatable bonds is 3. The van der Waals surface area contributed by atoms with Crippen LogP contribution < -0.4 is 0 Å². The Balaban J connectivity index is 1.60. The summed E-state index contributed by atoms with van der Waals surface area (Å²) >= 11 is 1.53. The molecule has 0 radical (unpaired) electrons. The molecule has 0 N–H and O–H groups in total. The Kier molecular flexibility index (Phi) is 2.63. The molecule has 4 rings (SSSR count). The van der Waals surface area contributed by atoms with E-state index in [2.05, 4.69) is 20.2 Å². The fraction of sp³-hybridized carbons (Fsp3) is 0.0769. The first-order valence-electron chi connectivity index (χ1n) is 6.03. The van der Waals surface area contributed by atoms with Crippen molar-refractivity contribution in [1.82, 2.24) is 24.6 Å². The summed E-state index contributed by atoms with van der Waals surface area (Å²) in [5, 5.41) is 9.07.